The number of halogens is 1. The minimum Gasteiger partial charge on any atom is -0.352 e. The monoisotopic (exact) mass is 303 g/mol. The average molecular weight is 304 g/mol. The molecule has 0 bridgehead atoms. The van der Waals surface area contributed by atoms with Gasteiger partial charge in [0.2, 0.25) is 5.91 Å². The van der Waals surface area contributed by atoms with E-state index in [1.165, 1.54) is 44.9 Å². The minimum atomic E-state index is 0. The molecule has 0 spiro atoms. The van der Waals surface area contributed by atoms with Crippen LogP contribution >= 0.6 is 12.4 Å². The molecule has 4 nitrogen and oxygen atoms in total. The molecule has 1 aliphatic heterocycles. The Labute approximate surface area is 129 Å². The van der Waals surface area contributed by atoms with Crippen LogP contribution in [0.15, 0.2) is 0 Å². The molecular weight excluding hydrogens is 274 g/mol. The molecule has 0 unspecified atom stereocenters. The van der Waals surface area contributed by atoms with Crippen LogP contribution in [0.5, 0.6) is 0 Å². The molecule has 0 aromatic heterocycles. The molecule has 0 aromatic rings. The van der Waals surface area contributed by atoms with Crippen LogP contribution in [0, 0.1) is 0 Å². The van der Waals surface area contributed by atoms with Crippen molar-refractivity contribution in [2.24, 2.45) is 0 Å². The third-order valence-electron chi connectivity index (χ3n) is 4.46. The van der Waals surface area contributed by atoms with Gasteiger partial charge in [-0.1, -0.05) is 32.1 Å². The molecule has 2 N–H and O–H groups in total. The molecule has 1 amide bonds. The predicted molar refractivity (Wildman–Crippen MR) is 85.4 cm³/mol. The fourth-order valence-corrected chi connectivity index (χ4v) is 3.18. The lowest BCUT2D eigenvalue weighted by molar-refractivity contribution is -0.123. The van der Waals surface area contributed by atoms with E-state index in [0.717, 1.165) is 19.6 Å². The summed E-state index contributed by atoms with van der Waals surface area (Å²) >= 11 is 0. The third kappa shape index (κ3) is 5.98. The van der Waals surface area contributed by atoms with E-state index in [2.05, 4.69) is 22.5 Å². The van der Waals surface area contributed by atoms with E-state index in [9.17, 15) is 4.79 Å². The Hall–Kier alpha value is -0.320. The summed E-state index contributed by atoms with van der Waals surface area (Å²) in [5.74, 6) is 0.222. The number of carbonyl (C=O) groups excluding carboxylic acids is 1. The summed E-state index contributed by atoms with van der Waals surface area (Å²) in [5, 5.41) is 6.61. The van der Waals surface area contributed by atoms with E-state index in [0.29, 0.717) is 18.6 Å². The first-order valence-corrected chi connectivity index (χ1v) is 8.00. The van der Waals surface area contributed by atoms with Gasteiger partial charge in [-0.05, 0) is 19.8 Å². The molecule has 1 saturated carbocycles. The Bertz CT molecular complexity index is 280. The van der Waals surface area contributed by atoms with E-state index >= 15 is 0 Å². The Morgan fingerprint density at radius 1 is 1.20 bits per heavy atom. The highest BCUT2D eigenvalue weighted by molar-refractivity contribution is 5.85. The highest BCUT2D eigenvalue weighted by Gasteiger charge is 2.21. The summed E-state index contributed by atoms with van der Waals surface area (Å²) in [6.45, 7) is 5.74. The van der Waals surface area contributed by atoms with Crippen LogP contribution in [0.2, 0.25) is 0 Å². The van der Waals surface area contributed by atoms with Crippen molar-refractivity contribution < 1.29 is 4.79 Å². The van der Waals surface area contributed by atoms with Gasteiger partial charge in [0.15, 0.2) is 0 Å². The van der Waals surface area contributed by atoms with E-state index in [1.54, 1.807) is 0 Å². The van der Waals surface area contributed by atoms with Gasteiger partial charge in [0, 0.05) is 31.7 Å². The topological polar surface area (TPSA) is 44.4 Å². The summed E-state index contributed by atoms with van der Waals surface area (Å²) in [6, 6.07) is 0.892. The number of nitrogens with one attached hydrogen (secondary N) is 2. The maximum absolute atomic E-state index is 12.2. The van der Waals surface area contributed by atoms with Gasteiger partial charge in [-0.15, -0.1) is 12.4 Å². The molecule has 5 heteroatoms. The molecule has 2 aliphatic rings. The van der Waals surface area contributed by atoms with Crippen LogP contribution in [-0.4, -0.2) is 49.1 Å². The first-order valence-electron chi connectivity index (χ1n) is 8.00. The van der Waals surface area contributed by atoms with Crippen LogP contribution in [-0.2, 0) is 4.79 Å². The van der Waals surface area contributed by atoms with Gasteiger partial charge in [-0.2, -0.15) is 0 Å². The second-order valence-electron chi connectivity index (χ2n) is 6.13. The summed E-state index contributed by atoms with van der Waals surface area (Å²) in [5.41, 5.74) is 0. The van der Waals surface area contributed by atoms with Gasteiger partial charge in [0.25, 0.3) is 0 Å². The average Bonchev–Trinajstić information content (AvgIpc) is 2.35. The summed E-state index contributed by atoms with van der Waals surface area (Å²) < 4.78 is 0. The molecule has 1 aliphatic carbocycles. The largest absolute Gasteiger partial charge is 0.352 e. The maximum atomic E-state index is 12.2. The van der Waals surface area contributed by atoms with E-state index in [1.807, 2.05) is 0 Å². The number of piperazine rings is 1. The Kier molecular flexibility index (Phi) is 8.50. The van der Waals surface area contributed by atoms with Crippen LogP contribution < -0.4 is 10.6 Å². The van der Waals surface area contributed by atoms with Crippen LogP contribution in [0.3, 0.4) is 0 Å². The fraction of sp³-hybridized carbons (Fsp3) is 0.933. The number of rotatable bonds is 3. The minimum absolute atomic E-state index is 0. The fourth-order valence-electron chi connectivity index (χ4n) is 3.18. The van der Waals surface area contributed by atoms with E-state index in [-0.39, 0.29) is 18.3 Å². The Balaban J connectivity index is 0.00000200. The predicted octanol–water partition coefficient (Wildman–Crippen LogP) is 1.93. The lowest BCUT2D eigenvalue weighted by Crippen LogP contribution is -2.53. The molecule has 20 heavy (non-hydrogen) atoms. The number of hydrogen-bond donors (Lipinski definition) is 2. The maximum Gasteiger partial charge on any atom is 0.234 e. The van der Waals surface area contributed by atoms with Gasteiger partial charge in [0.1, 0.15) is 0 Å². The van der Waals surface area contributed by atoms with Gasteiger partial charge in [-0.3, -0.25) is 9.69 Å². The first-order chi connectivity index (χ1) is 9.25. The quantitative estimate of drug-likeness (QED) is 0.837. The van der Waals surface area contributed by atoms with E-state index in [4.69, 9.17) is 0 Å². The number of carbonyl (C=O) groups is 1. The Morgan fingerprint density at radius 3 is 2.50 bits per heavy atom. The van der Waals surface area contributed by atoms with Crippen molar-refractivity contribution in [2.75, 3.05) is 26.2 Å². The molecule has 1 heterocycles. The van der Waals surface area contributed by atoms with Crippen molar-refractivity contribution in [3.05, 3.63) is 0 Å². The van der Waals surface area contributed by atoms with Crippen molar-refractivity contribution >= 4 is 18.3 Å². The van der Waals surface area contributed by atoms with Crippen molar-refractivity contribution in [1.29, 1.82) is 0 Å². The summed E-state index contributed by atoms with van der Waals surface area (Å²) in [6.07, 6.45) is 8.93. The molecule has 118 valence electrons. The highest BCUT2D eigenvalue weighted by atomic mass is 35.5. The van der Waals surface area contributed by atoms with Gasteiger partial charge < -0.3 is 10.6 Å². The van der Waals surface area contributed by atoms with Gasteiger partial charge >= 0.3 is 0 Å². The van der Waals surface area contributed by atoms with Crippen molar-refractivity contribution in [3.8, 4) is 0 Å². The second-order valence-corrected chi connectivity index (χ2v) is 6.13. The zero-order chi connectivity index (χ0) is 13.5. The van der Waals surface area contributed by atoms with Crippen molar-refractivity contribution in [2.45, 2.75) is 64.0 Å². The highest BCUT2D eigenvalue weighted by Crippen LogP contribution is 2.17. The first kappa shape index (κ1) is 17.7. The molecule has 2 fully saturated rings. The molecule has 1 saturated heterocycles. The van der Waals surface area contributed by atoms with Crippen LogP contribution in [0.25, 0.3) is 0 Å². The summed E-state index contributed by atoms with van der Waals surface area (Å²) in [4.78, 5) is 14.4. The molecular formula is C15H30ClN3O. The zero-order valence-corrected chi connectivity index (χ0v) is 13.5. The molecule has 0 radical (unpaired) electrons. The van der Waals surface area contributed by atoms with Crippen LogP contribution in [0.1, 0.15) is 51.9 Å². The second kappa shape index (κ2) is 9.59. The normalized spacial score (nSPS) is 26.1. The van der Waals surface area contributed by atoms with Crippen molar-refractivity contribution in [1.82, 2.24) is 15.5 Å². The van der Waals surface area contributed by atoms with Crippen molar-refractivity contribution in [3.63, 3.8) is 0 Å². The third-order valence-corrected chi connectivity index (χ3v) is 4.46. The molecule has 2 rings (SSSR count). The summed E-state index contributed by atoms with van der Waals surface area (Å²) in [7, 11) is 0. The lowest BCUT2D eigenvalue weighted by atomic mass is 9.97. The Morgan fingerprint density at radius 2 is 1.85 bits per heavy atom. The number of hydrogen-bond acceptors (Lipinski definition) is 3. The van der Waals surface area contributed by atoms with E-state index < -0.39 is 0 Å². The van der Waals surface area contributed by atoms with Crippen LogP contribution in [0.4, 0.5) is 0 Å². The smallest absolute Gasteiger partial charge is 0.234 e. The number of amides is 1. The molecule has 0 aromatic carbocycles. The lowest BCUT2D eigenvalue weighted by Gasteiger charge is -2.33. The van der Waals surface area contributed by atoms with Gasteiger partial charge in [-0.25, -0.2) is 0 Å². The number of nitrogens with zero attached hydrogens (tertiary/aromatic N) is 1. The zero-order valence-electron chi connectivity index (χ0n) is 12.7. The standard InChI is InChI=1S/C15H29N3O.ClH/c1-13-11-16-9-10-18(13)12-15(19)17-14-7-5-3-2-4-6-8-14;/h13-14,16H,2-12H2,1H3,(H,17,19);1H/t13-;/m0./s1. The van der Waals surface area contributed by atoms with Gasteiger partial charge in [0.05, 0.1) is 6.54 Å². The molecule has 1 atom stereocenters. The SMILES string of the molecule is C[C@H]1CNCCN1CC(=O)NC1CCCCCCC1.Cl.